The van der Waals surface area contributed by atoms with E-state index in [9.17, 15) is 4.79 Å². The average molecular weight is 310 g/mol. The van der Waals surface area contributed by atoms with Crippen molar-refractivity contribution in [3.8, 4) is 11.3 Å². The van der Waals surface area contributed by atoms with Gasteiger partial charge in [0.15, 0.2) is 0 Å². The first-order valence-corrected chi connectivity index (χ1v) is 6.06. The minimum absolute atomic E-state index is 0.493. The Morgan fingerprint density at radius 1 is 1.50 bits per heavy atom. The monoisotopic (exact) mass is 309 g/mol. The highest BCUT2D eigenvalue weighted by atomic mass is 79.9. The third kappa shape index (κ3) is 2.70. The largest absolute Gasteiger partial charge is 0.453 e. The van der Waals surface area contributed by atoms with Crippen molar-refractivity contribution in [2.75, 3.05) is 12.4 Å². The number of H-pyrrole nitrogens is 1. The van der Waals surface area contributed by atoms with Gasteiger partial charge in [0.25, 0.3) is 0 Å². The fourth-order valence-electron chi connectivity index (χ4n) is 1.54. The number of imidazole rings is 1. The molecule has 5 nitrogen and oxygen atoms in total. The van der Waals surface area contributed by atoms with Gasteiger partial charge in [0.1, 0.15) is 5.82 Å². The molecule has 1 aromatic carbocycles. The zero-order valence-corrected chi connectivity index (χ0v) is 11.5. The number of amides is 1. The van der Waals surface area contributed by atoms with Crippen LogP contribution in [0.3, 0.4) is 0 Å². The fourth-order valence-corrected chi connectivity index (χ4v) is 2.13. The topological polar surface area (TPSA) is 67.0 Å². The molecular formula is C12H12BrN3O2. The first-order chi connectivity index (χ1) is 8.60. The van der Waals surface area contributed by atoms with E-state index in [-0.39, 0.29) is 0 Å². The van der Waals surface area contributed by atoms with Gasteiger partial charge in [-0.1, -0.05) is 15.9 Å². The summed E-state index contributed by atoms with van der Waals surface area (Å²) in [5, 5.41) is 2.60. The summed E-state index contributed by atoms with van der Waals surface area (Å²) in [6, 6.07) is 5.50. The number of rotatable bonds is 2. The van der Waals surface area contributed by atoms with Crippen molar-refractivity contribution in [1.29, 1.82) is 0 Å². The van der Waals surface area contributed by atoms with Crippen LogP contribution in [-0.4, -0.2) is 23.2 Å². The Balaban J connectivity index is 2.28. The van der Waals surface area contributed by atoms with E-state index in [2.05, 4.69) is 36.0 Å². The van der Waals surface area contributed by atoms with Crippen LogP contribution in [-0.2, 0) is 4.74 Å². The minimum Gasteiger partial charge on any atom is -0.453 e. The van der Waals surface area contributed by atoms with Gasteiger partial charge in [-0.2, -0.15) is 0 Å². The molecule has 1 aromatic heterocycles. The van der Waals surface area contributed by atoms with Crippen LogP contribution in [0.15, 0.2) is 28.9 Å². The first-order valence-electron chi connectivity index (χ1n) is 5.26. The molecule has 0 aliphatic carbocycles. The van der Waals surface area contributed by atoms with E-state index in [0.29, 0.717) is 5.69 Å². The molecule has 2 rings (SSSR count). The van der Waals surface area contributed by atoms with E-state index >= 15 is 0 Å². The number of nitrogens with zero attached hydrogens (tertiary/aromatic N) is 1. The molecule has 0 spiro atoms. The highest BCUT2D eigenvalue weighted by Crippen LogP contribution is 2.29. The van der Waals surface area contributed by atoms with Crippen molar-refractivity contribution in [2.45, 2.75) is 6.92 Å². The molecule has 0 bridgehead atoms. The molecule has 1 heterocycles. The number of benzene rings is 1. The summed E-state index contributed by atoms with van der Waals surface area (Å²) < 4.78 is 5.39. The fraction of sp³-hybridized carbons (Fsp3) is 0.167. The van der Waals surface area contributed by atoms with Crippen molar-refractivity contribution in [1.82, 2.24) is 9.97 Å². The van der Waals surface area contributed by atoms with Gasteiger partial charge >= 0.3 is 6.09 Å². The molecule has 2 aromatic rings. The van der Waals surface area contributed by atoms with Crippen molar-refractivity contribution in [3.63, 3.8) is 0 Å². The van der Waals surface area contributed by atoms with Crippen LogP contribution in [0, 0.1) is 6.92 Å². The van der Waals surface area contributed by atoms with Gasteiger partial charge in [-0.05, 0) is 25.1 Å². The van der Waals surface area contributed by atoms with Crippen LogP contribution in [0.1, 0.15) is 5.82 Å². The maximum atomic E-state index is 11.1. The zero-order chi connectivity index (χ0) is 13.1. The number of hydrogen-bond acceptors (Lipinski definition) is 3. The van der Waals surface area contributed by atoms with Crippen molar-refractivity contribution >= 4 is 27.7 Å². The standard InChI is InChI=1S/C12H12BrN3O2/c1-7-14-6-11(15-7)9-4-3-8(5-10(9)13)16-12(17)18-2/h3-6H,1-2H3,(H,14,15)(H,16,17). The summed E-state index contributed by atoms with van der Waals surface area (Å²) in [4.78, 5) is 18.4. The SMILES string of the molecule is COC(=O)Nc1ccc(-c2cnc(C)[nH]2)c(Br)c1. The van der Waals surface area contributed by atoms with Gasteiger partial charge < -0.3 is 9.72 Å². The lowest BCUT2D eigenvalue weighted by molar-refractivity contribution is 0.187. The summed E-state index contributed by atoms with van der Waals surface area (Å²) >= 11 is 3.47. The Labute approximate surface area is 113 Å². The van der Waals surface area contributed by atoms with E-state index in [1.165, 1.54) is 7.11 Å². The highest BCUT2D eigenvalue weighted by molar-refractivity contribution is 9.10. The van der Waals surface area contributed by atoms with Crippen LogP contribution in [0.25, 0.3) is 11.3 Å². The lowest BCUT2D eigenvalue weighted by Crippen LogP contribution is -2.10. The maximum absolute atomic E-state index is 11.1. The average Bonchev–Trinajstić information content (AvgIpc) is 2.75. The van der Waals surface area contributed by atoms with Crippen LogP contribution >= 0.6 is 15.9 Å². The molecule has 0 saturated carbocycles. The molecule has 0 aliphatic rings. The van der Waals surface area contributed by atoms with E-state index in [0.717, 1.165) is 21.6 Å². The van der Waals surface area contributed by atoms with E-state index in [1.807, 2.05) is 19.1 Å². The number of aryl methyl sites for hydroxylation is 1. The summed E-state index contributed by atoms with van der Waals surface area (Å²) in [7, 11) is 1.33. The third-order valence-corrected chi connectivity index (χ3v) is 3.05. The number of methoxy groups -OCH3 is 1. The molecule has 0 fully saturated rings. The Morgan fingerprint density at radius 3 is 2.83 bits per heavy atom. The second-order valence-electron chi connectivity index (χ2n) is 3.69. The second kappa shape index (κ2) is 5.22. The lowest BCUT2D eigenvalue weighted by atomic mass is 10.1. The van der Waals surface area contributed by atoms with Crippen molar-refractivity contribution in [2.24, 2.45) is 0 Å². The van der Waals surface area contributed by atoms with E-state index < -0.39 is 6.09 Å². The molecule has 18 heavy (non-hydrogen) atoms. The van der Waals surface area contributed by atoms with Crippen molar-refractivity contribution < 1.29 is 9.53 Å². The molecule has 1 amide bonds. The summed E-state index contributed by atoms with van der Waals surface area (Å²) in [6.45, 7) is 1.89. The molecular weight excluding hydrogens is 298 g/mol. The zero-order valence-electron chi connectivity index (χ0n) is 9.95. The van der Waals surface area contributed by atoms with Gasteiger partial charge in [-0.25, -0.2) is 9.78 Å². The Bertz CT molecular complexity index is 580. The predicted molar refractivity (Wildman–Crippen MR) is 72.5 cm³/mol. The van der Waals surface area contributed by atoms with Gasteiger partial charge in [-0.15, -0.1) is 0 Å². The number of hydrogen-bond donors (Lipinski definition) is 2. The molecule has 6 heteroatoms. The Morgan fingerprint density at radius 2 is 2.28 bits per heavy atom. The Hall–Kier alpha value is -1.82. The molecule has 94 valence electrons. The normalized spacial score (nSPS) is 10.2. The number of aromatic nitrogens is 2. The van der Waals surface area contributed by atoms with Crippen LogP contribution < -0.4 is 5.32 Å². The van der Waals surface area contributed by atoms with Gasteiger partial charge in [0.2, 0.25) is 0 Å². The first kappa shape index (κ1) is 12.6. The molecule has 0 unspecified atom stereocenters. The number of aromatic amines is 1. The molecule has 0 radical (unpaired) electrons. The third-order valence-electron chi connectivity index (χ3n) is 2.39. The quantitative estimate of drug-likeness (QED) is 0.894. The lowest BCUT2D eigenvalue weighted by Gasteiger charge is -2.07. The number of carbonyl (C=O) groups is 1. The van der Waals surface area contributed by atoms with Gasteiger partial charge in [0.05, 0.1) is 19.0 Å². The number of anilines is 1. The molecule has 0 aliphatic heterocycles. The summed E-state index contributed by atoms with van der Waals surface area (Å²) in [6.07, 6.45) is 1.27. The van der Waals surface area contributed by atoms with E-state index in [1.54, 1.807) is 12.3 Å². The number of ether oxygens (including phenoxy) is 1. The molecule has 0 atom stereocenters. The van der Waals surface area contributed by atoms with Crippen LogP contribution in [0.5, 0.6) is 0 Å². The van der Waals surface area contributed by atoms with Crippen LogP contribution in [0.2, 0.25) is 0 Å². The maximum Gasteiger partial charge on any atom is 0.411 e. The van der Waals surface area contributed by atoms with Crippen molar-refractivity contribution in [3.05, 3.63) is 34.7 Å². The van der Waals surface area contributed by atoms with Crippen LogP contribution in [0.4, 0.5) is 10.5 Å². The summed E-state index contributed by atoms with van der Waals surface area (Å²) in [5.41, 5.74) is 2.56. The number of carbonyl (C=O) groups excluding carboxylic acids is 1. The number of halogens is 1. The van der Waals surface area contributed by atoms with Gasteiger partial charge in [0, 0.05) is 15.7 Å². The van der Waals surface area contributed by atoms with E-state index in [4.69, 9.17) is 0 Å². The molecule has 2 N–H and O–H groups in total. The summed E-state index contributed by atoms with van der Waals surface area (Å²) in [5.74, 6) is 0.855. The second-order valence-corrected chi connectivity index (χ2v) is 4.55. The molecule has 0 saturated heterocycles. The Kier molecular flexibility index (Phi) is 3.66. The smallest absolute Gasteiger partial charge is 0.411 e. The highest BCUT2D eigenvalue weighted by Gasteiger charge is 2.08. The number of nitrogens with one attached hydrogen (secondary N) is 2. The predicted octanol–water partition coefficient (Wildman–Crippen LogP) is 3.33. The minimum atomic E-state index is -0.493. The van der Waals surface area contributed by atoms with Gasteiger partial charge in [-0.3, -0.25) is 5.32 Å².